The predicted octanol–water partition coefficient (Wildman–Crippen LogP) is 1.33. The highest BCUT2D eigenvalue weighted by atomic mass is 19.1. The van der Waals surface area contributed by atoms with E-state index in [4.69, 9.17) is 5.73 Å². The van der Waals surface area contributed by atoms with E-state index >= 15 is 0 Å². The van der Waals surface area contributed by atoms with Crippen LogP contribution in [0.15, 0.2) is 36.9 Å². The summed E-state index contributed by atoms with van der Waals surface area (Å²) in [4.78, 5) is 26.6. The molecule has 0 radical (unpaired) electrons. The normalized spacial score (nSPS) is 10.2. The fraction of sp³-hybridized carbons (Fsp3) is 0.214. The fourth-order valence-electron chi connectivity index (χ4n) is 1.85. The van der Waals surface area contributed by atoms with Crippen LogP contribution in [-0.4, -0.2) is 28.0 Å². The molecule has 4 N–H and O–H groups in total. The predicted molar refractivity (Wildman–Crippen MR) is 78.8 cm³/mol. The number of nitrogens with zero attached hydrogens (tertiary/aromatic N) is 2. The minimum atomic E-state index is -0.887. The van der Waals surface area contributed by atoms with Gasteiger partial charge >= 0.3 is 6.03 Å². The Bertz CT molecular complexity index is 657. The van der Waals surface area contributed by atoms with Gasteiger partial charge in [0.25, 0.3) is 5.91 Å². The maximum Gasteiger partial charge on any atom is 0.319 e. The van der Waals surface area contributed by atoms with Gasteiger partial charge in [0, 0.05) is 31.2 Å². The second-order valence-corrected chi connectivity index (χ2v) is 4.59. The van der Waals surface area contributed by atoms with Crippen molar-refractivity contribution in [2.24, 2.45) is 5.73 Å². The third-order valence-corrected chi connectivity index (χ3v) is 2.93. The van der Waals surface area contributed by atoms with Gasteiger partial charge in [-0.3, -0.25) is 4.79 Å². The van der Waals surface area contributed by atoms with Crippen LogP contribution >= 0.6 is 0 Å². The molecule has 2 rings (SSSR count). The highest BCUT2D eigenvalue weighted by Crippen LogP contribution is 2.14. The zero-order valence-corrected chi connectivity index (χ0v) is 11.8. The number of nitrogens with two attached hydrogens (primary N) is 1. The molecule has 2 aromatic rings. The summed E-state index contributed by atoms with van der Waals surface area (Å²) in [6.45, 7) is 1.20. The van der Waals surface area contributed by atoms with Gasteiger partial charge in [0.1, 0.15) is 5.82 Å². The van der Waals surface area contributed by atoms with Gasteiger partial charge in [0.15, 0.2) is 0 Å². The first kappa shape index (κ1) is 15.5. The van der Waals surface area contributed by atoms with E-state index < -0.39 is 17.8 Å². The number of benzene rings is 1. The first-order valence-electron chi connectivity index (χ1n) is 6.66. The van der Waals surface area contributed by atoms with E-state index in [9.17, 15) is 14.0 Å². The number of halogens is 1. The molecular weight excluding hydrogens is 289 g/mol. The van der Waals surface area contributed by atoms with Crippen LogP contribution in [0.25, 0.3) is 0 Å². The standard InChI is InChI=1S/C14H16FN5O2/c15-12-3-2-10(8-11(12)13(16)21)19-14(22)18-4-1-6-20-7-5-17-9-20/h2-3,5,7-9H,1,4,6H2,(H2,16,21)(H2,18,19,22). The van der Waals surface area contributed by atoms with Crippen molar-refractivity contribution in [3.05, 3.63) is 48.3 Å². The molecular formula is C14H16FN5O2. The van der Waals surface area contributed by atoms with Crippen LogP contribution in [0.1, 0.15) is 16.8 Å². The van der Waals surface area contributed by atoms with Gasteiger partial charge in [-0.05, 0) is 24.6 Å². The van der Waals surface area contributed by atoms with Crippen molar-refractivity contribution < 1.29 is 14.0 Å². The maximum absolute atomic E-state index is 13.3. The largest absolute Gasteiger partial charge is 0.366 e. The second kappa shape index (κ2) is 7.21. The monoisotopic (exact) mass is 305 g/mol. The first-order valence-corrected chi connectivity index (χ1v) is 6.66. The zero-order valence-electron chi connectivity index (χ0n) is 11.8. The molecule has 1 aromatic heterocycles. The highest BCUT2D eigenvalue weighted by Gasteiger charge is 2.10. The summed E-state index contributed by atoms with van der Waals surface area (Å²) in [7, 11) is 0. The number of nitrogens with one attached hydrogen (secondary N) is 2. The lowest BCUT2D eigenvalue weighted by Crippen LogP contribution is -2.30. The van der Waals surface area contributed by atoms with E-state index in [0.29, 0.717) is 12.2 Å². The number of anilines is 1. The van der Waals surface area contributed by atoms with E-state index in [1.165, 1.54) is 12.1 Å². The van der Waals surface area contributed by atoms with Crippen molar-refractivity contribution >= 4 is 17.6 Å². The number of urea groups is 1. The van der Waals surface area contributed by atoms with Gasteiger partial charge < -0.3 is 20.9 Å². The summed E-state index contributed by atoms with van der Waals surface area (Å²) in [5.41, 5.74) is 5.07. The van der Waals surface area contributed by atoms with Crippen LogP contribution < -0.4 is 16.4 Å². The first-order chi connectivity index (χ1) is 10.6. The number of aromatic nitrogens is 2. The number of rotatable bonds is 6. The minimum Gasteiger partial charge on any atom is -0.366 e. The van der Waals surface area contributed by atoms with Crippen LogP contribution in [-0.2, 0) is 6.54 Å². The van der Waals surface area contributed by atoms with Crippen LogP contribution in [0.2, 0.25) is 0 Å². The number of hydrogen-bond acceptors (Lipinski definition) is 3. The molecule has 8 heteroatoms. The number of imidazole rings is 1. The lowest BCUT2D eigenvalue weighted by Gasteiger charge is -2.09. The third kappa shape index (κ3) is 4.30. The highest BCUT2D eigenvalue weighted by molar-refractivity contribution is 5.96. The Kier molecular flexibility index (Phi) is 5.07. The number of primary amides is 1. The smallest absolute Gasteiger partial charge is 0.319 e. The van der Waals surface area contributed by atoms with E-state index in [1.54, 1.807) is 12.5 Å². The lowest BCUT2D eigenvalue weighted by atomic mass is 10.2. The van der Waals surface area contributed by atoms with Crippen LogP contribution in [0.4, 0.5) is 14.9 Å². The average molecular weight is 305 g/mol. The van der Waals surface area contributed by atoms with Gasteiger partial charge in [-0.2, -0.15) is 0 Å². The molecule has 0 unspecified atom stereocenters. The van der Waals surface area contributed by atoms with E-state index in [0.717, 1.165) is 19.0 Å². The van der Waals surface area contributed by atoms with Crippen molar-refractivity contribution in [3.8, 4) is 0 Å². The summed E-state index contributed by atoms with van der Waals surface area (Å²) in [5.74, 6) is -1.61. The molecule has 0 aliphatic rings. The number of hydrogen-bond donors (Lipinski definition) is 3. The quantitative estimate of drug-likeness (QED) is 0.702. The summed E-state index contributed by atoms with van der Waals surface area (Å²) >= 11 is 0. The van der Waals surface area contributed by atoms with Crippen molar-refractivity contribution in [1.29, 1.82) is 0 Å². The fourth-order valence-corrected chi connectivity index (χ4v) is 1.85. The van der Waals surface area contributed by atoms with Crippen molar-refractivity contribution in [1.82, 2.24) is 14.9 Å². The number of aryl methyl sites for hydroxylation is 1. The molecule has 0 aliphatic heterocycles. The molecule has 1 aromatic carbocycles. The molecule has 3 amide bonds. The van der Waals surface area contributed by atoms with Gasteiger partial charge in [-0.1, -0.05) is 0 Å². The van der Waals surface area contributed by atoms with Gasteiger partial charge in [-0.25, -0.2) is 14.2 Å². The summed E-state index contributed by atoms with van der Waals surface area (Å²) in [6.07, 6.45) is 5.96. The summed E-state index contributed by atoms with van der Waals surface area (Å²) < 4.78 is 15.2. The Morgan fingerprint density at radius 3 is 2.86 bits per heavy atom. The van der Waals surface area contributed by atoms with E-state index in [1.807, 2.05) is 10.8 Å². The van der Waals surface area contributed by atoms with E-state index in [2.05, 4.69) is 15.6 Å². The molecule has 0 spiro atoms. The maximum atomic E-state index is 13.3. The zero-order chi connectivity index (χ0) is 15.9. The molecule has 0 atom stereocenters. The van der Waals surface area contributed by atoms with Crippen molar-refractivity contribution in [3.63, 3.8) is 0 Å². The third-order valence-electron chi connectivity index (χ3n) is 2.93. The Hall–Kier alpha value is -2.90. The molecule has 116 valence electrons. The van der Waals surface area contributed by atoms with Crippen LogP contribution in [0.5, 0.6) is 0 Å². The Balaban J connectivity index is 1.79. The topological polar surface area (TPSA) is 102 Å². The Morgan fingerprint density at radius 2 is 2.18 bits per heavy atom. The van der Waals surface area contributed by atoms with Crippen LogP contribution in [0.3, 0.4) is 0 Å². The molecule has 0 fully saturated rings. The summed E-state index contributed by atoms with van der Waals surface area (Å²) in [6, 6.07) is 3.19. The minimum absolute atomic E-state index is 0.266. The molecule has 0 aliphatic carbocycles. The average Bonchev–Trinajstić information content (AvgIpc) is 2.98. The van der Waals surface area contributed by atoms with Gasteiger partial charge in [0.05, 0.1) is 11.9 Å². The van der Waals surface area contributed by atoms with Crippen molar-refractivity contribution in [2.45, 2.75) is 13.0 Å². The number of carbonyl (C=O) groups excluding carboxylic acids is 2. The van der Waals surface area contributed by atoms with E-state index in [-0.39, 0.29) is 5.56 Å². The Morgan fingerprint density at radius 1 is 1.36 bits per heavy atom. The van der Waals surface area contributed by atoms with Gasteiger partial charge in [-0.15, -0.1) is 0 Å². The second-order valence-electron chi connectivity index (χ2n) is 4.59. The molecule has 0 saturated carbocycles. The molecule has 7 nitrogen and oxygen atoms in total. The molecule has 0 bridgehead atoms. The number of carbonyl (C=O) groups is 2. The number of amides is 3. The molecule has 22 heavy (non-hydrogen) atoms. The van der Waals surface area contributed by atoms with Crippen molar-refractivity contribution in [2.75, 3.05) is 11.9 Å². The Labute approximate surface area is 126 Å². The van der Waals surface area contributed by atoms with Crippen LogP contribution in [0, 0.1) is 5.82 Å². The lowest BCUT2D eigenvalue weighted by molar-refractivity contribution is 0.0996. The molecule has 0 saturated heterocycles. The van der Waals surface area contributed by atoms with Gasteiger partial charge in [0.2, 0.25) is 0 Å². The molecule has 1 heterocycles. The summed E-state index contributed by atoms with van der Waals surface area (Å²) in [5, 5.41) is 5.18. The SMILES string of the molecule is NC(=O)c1cc(NC(=O)NCCCn2ccnc2)ccc1F.